The number of hydrogen-bond donors (Lipinski definition) is 1. The Kier molecular flexibility index (Phi) is 0.887. The van der Waals surface area contributed by atoms with E-state index in [2.05, 4.69) is 21.9 Å². The van der Waals surface area contributed by atoms with Crippen LogP contribution >= 0.6 is 0 Å². The Morgan fingerprint density at radius 3 is 3.40 bits per heavy atom. The molecule has 0 amide bonds. The molecule has 0 spiro atoms. The third kappa shape index (κ3) is 0.500. The number of hydrogen-bond acceptors (Lipinski definition) is 3. The van der Waals surface area contributed by atoms with Crippen LogP contribution in [0.5, 0.6) is 0 Å². The van der Waals surface area contributed by atoms with Gasteiger partial charge >= 0.3 is 0 Å². The van der Waals surface area contributed by atoms with Gasteiger partial charge in [0.2, 0.25) is 5.58 Å². The van der Waals surface area contributed by atoms with Gasteiger partial charge in [-0.2, -0.15) is 5.10 Å². The summed E-state index contributed by atoms with van der Waals surface area (Å²) in [6, 6.07) is 0. The summed E-state index contributed by atoms with van der Waals surface area (Å²) in [4.78, 5) is 0. The quantitative estimate of drug-likeness (QED) is 0.639. The van der Waals surface area contributed by atoms with Crippen LogP contribution in [0, 0.1) is 0 Å². The van der Waals surface area contributed by atoms with Gasteiger partial charge in [-0.3, -0.25) is 5.10 Å². The van der Waals surface area contributed by atoms with Crippen molar-refractivity contribution < 1.29 is 4.52 Å². The number of aromatic amines is 1. The summed E-state index contributed by atoms with van der Waals surface area (Å²) in [5, 5.41) is 10.2. The molecule has 0 saturated carbocycles. The van der Waals surface area contributed by atoms with Crippen LogP contribution in [-0.4, -0.2) is 15.4 Å². The van der Waals surface area contributed by atoms with E-state index < -0.39 is 0 Å². The molecule has 4 nitrogen and oxygen atoms in total. The van der Waals surface area contributed by atoms with Crippen LogP contribution < -0.4 is 0 Å². The number of nitrogens with zero attached hydrogens (tertiary/aromatic N) is 2. The summed E-state index contributed by atoms with van der Waals surface area (Å²) < 4.78 is 4.86. The van der Waals surface area contributed by atoms with E-state index in [1.165, 1.54) is 0 Å². The van der Waals surface area contributed by atoms with E-state index >= 15 is 0 Å². The fraction of sp³-hybridized carbons (Fsp3) is 0. The summed E-state index contributed by atoms with van der Waals surface area (Å²) in [5.41, 5.74) is 2.16. The van der Waals surface area contributed by atoms with Crippen LogP contribution in [-0.2, 0) is 0 Å². The molecule has 0 aromatic carbocycles. The molecule has 0 radical (unpaired) electrons. The molecule has 2 aromatic heterocycles. The van der Waals surface area contributed by atoms with Crippen LogP contribution in [0.1, 0.15) is 5.69 Å². The molecule has 0 fully saturated rings. The monoisotopic (exact) mass is 135 g/mol. The van der Waals surface area contributed by atoms with Gasteiger partial charge in [-0.15, -0.1) is 0 Å². The van der Waals surface area contributed by atoms with Crippen molar-refractivity contribution >= 4 is 17.2 Å². The molecule has 0 aliphatic carbocycles. The number of nitrogens with one attached hydrogen (secondary N) is 1. The first-order valence-electron chi connectivity index (χ1n) is 2.83. The predicted octanol–water partition coefficient (Wildman–Crippen LogP) is 1.19. The van der Waals surface area contributed by atoms with Crippen molar-refractivity contribution in [2.75, 3.05) is 0 Å². The highest BCUT2D eigenvalue weighted by atomic mass is 16.5. The Bertz CT molecular complexity index is 360. The summed E-state index contributed by atoms with van der Waals surface area (Å²) in [5.74, 6) is 0. The maximum Gasteiger partial charge on any atom is 0.211 e. The minimum Gasteiger partial charge on any atom is -0.352 e. The SMILES string of the molecule is C=Cc1n[nH]c2cnoc12. The molecule has 0 atom stereocenters. The van der Waals surface area contributed by atoms with Crippen molar-refractivity contribution in [3.05, 3.63) is 18.5 Å². The van der Waals surface area contributed by atoms with Crippen LogP contribution in [0.4, 0.5) is 0 Å². The predicted molar refractivity (Wildman–Crippen MR) is 36.2 cm³/mol. The Morgan fingerprint density at radius 2 is 2.60 bits per heavy atom. The molecule has 2 rings (SSSR count). The van der Waals surface area contributed by atoms with Gasteiger partial charge in [0.1, 0.15) is 11.2 Å². The highest BCUT2D eigenvalue weighted by molar-refractivity contribution is 5.79. The third-order valence-corrected chi connectivity index (χ3v) is 1.29. The number of rotatable bonds is 1. The van der Waals surface area contributed by atoms with Crippen LogP contribution in [0.15, 0.2) is 17.3 Å². The standard InChI is InChI=1S/C6H5N3O/c1-2-4-6-5(9-8-4)3-7-10-6/h2-3H,1H2,(H,8,9). The van der Waals surface area contributed by atoms with Crippen LogP contribution in [0.25, 0.3) is 17.2 Å². The first-order chi connectivity index (χ1) is 4.92. The van der Waals surface area contributed by atoms with Gasteiger partial charge in [-0.25, -0.2) is 0 Å². The molecule has 4 heteroatoms. The van der Waals surface area contributed by atoms with Gasteiger partial charge < -0.3 is 4.52 Å². The zero-order chi connectivity index (χ0) is 6.97. The lowest BCUT2D eigenvalue weighted by atomic mass is 10.4. The van der Waals surface area contributed by atoms with E-state index in [1.807, 2.05) is 0 Å². The van der Waals surface area contributed by atoms with E-state index in [1.54, 1.807) is 12.3 Å². The number of H-pyrrole nitrogens is 1. The van der Waals surface area contributed by atoms with Crippen molar-refractivity contribution in [2.24, 2.45) is 0 Å². The average Bonchev–Trinajstić information content (AvgIpc) is 2.44. The van der Waals surface area contributed by atoms with Crippen molar-refractivity contribution in [3.63, 3.8) is 0 Å². The first kappa shape index (κ1) is 5.22. The molecule has 50 valence electrons. The lowest BCUT2D eigenvalue weighted by molar-refractivity contribution is 0.455. The Balaban J connectivity index is 2.88. The normalized spacial score (nSPS) is 10.4. The Hall–Kier alpha value is -1.58. The van der Waals surface area contributed by atoms with Crippen LogP contribution in [0.2, 0.25) is 0 Å². The fourth-order valence-electron chi connectivity index (χ4n) is 0.814. The van der Waals surface area contributed by atoms with Crippen molar-refractivity contribution in [1.29, 1.82) is 0 Å². The van der Waals surface area contributed by atoms with Crippen molar-refractivity contribution in [2.45, 2.75) is 0 Å². The molecule has 2 heterocycles. The molecule has 0 aliphatic rings. The smallest absolute Gasteiger partial charge is 0.211 e. The maximum atomic E-state index is 4.86. The summed E-state index contributed by atoms with van der Waals surface area (Å²) in [7, 11) is 0. The van der Waals surface area contributed by atoms with Crippen LogP contribution in [0.3, 0.4) is 0 Å². The lowest BCUT2D eigenvalue weighted by Crippen LogP contribution is -1.69. The molecule has 0 aliphatic heterocycles. The molecular weight excluding hydrogens is 130 g/mol. The highest BCUT2D eigenvalue weighted by Gasteiger charge is 2.04. The van der Waals surface area contributed by atoms with Gasteiger partial charge in [-0.1, -0.05) is 11.7 Å². The minimum atomic E-state index is 0.662. The fourth-order valence-corrected chi connectivity index (χ4v) is 0.814. The molecular formula is C6H5N3O. The average molecular weight is 135 g/mol. The largest absolute Gasteiger partial charge is 0.352 e. The second-order valence-corrected chi connectivity index (χ2v) is 1.88. The summed E-state index contributed by atoms with van der Waals surface area (Å²) in [6.07, 6.45) is 3.19. The van der Waals surface area contributed by atoms with E-state index in [-0.39, 0.29) is 0 Å². The zero-order valence-corrected chi connectivity index (χ0v) is 5.16. The Morgan fingerprint density at radius 1 is 1.70 bits per heavy atom. The summed E-state index contributed by atoms with van der Waals surface area (Å²) >= 11 is 0. The van der Waals surface area contributed by atoms with Gasteiger partial charge in [0.25, 0.3) is 0 Å². The number of fused-ring (bicyclic) bond motifs is 1. The molecule has 0 saturated heterocycles. The topological polar surface area (TPSA) is 54.7 Å². The van der Waals surface area contributed by atoms with E-state index in [0.29, 0.717) is 11.3 Å². The molecule has 0 bridgehead atoms. The second kappa shape index (κ2) is 1.70. The highest BCUT2D eigenvalue weighted by Crippen LogP contribution is 2.14. The minimum absolute atomic E-state index is 0.662. The first-order valence-corrected chi connectivity index (χ1v) is 2.83. The maximum absolute atomic E-state index is 4.86. The summed E-state index contributed by atoms with van der Waals surface area (Å²) in [6.45, 7) is 3.56. The second-order valence-electron chi connectivity index (χ2n) is 1.88. The van der Waals surface area contributed by atoms with Crippen molar-refractivity contribution in [1.82, 2.24) is 15.4 Å². The Labute approximate surface area is 56.5 Å². The third-order valence-electron chi connectivity index (χ3n) is 1.29. The molecule has 0 unspecified atom stereocenters. The van der Waals surface area contributed by atoms with Gasteiger partial charge in [-0.05, 0) is 6.08 Å². The number of aromatic nitrogens is 3. The van der Waals surface area contributed by atoms with E-state index in [4.69, 9.17) is 4.52 Å². The zero-order valence-electron chi connectivity index (χ0n) is 5.16. The van der Waals surface area contributed by atoms with E-state index in [9.17, 15) is 0 Å². The molecule has 10 heavy (non-hydrogen) atoms. The van der Waals surface area contributed by atoms with Gasteiger partial charge in [0.15, 0.2) is 0 Å². The van der Waals surface area contributed by atoms with Gasteiger partial charge in [0, 0.05) is 0 Å². The molecule has 2 aromatic rings. The van der Waals surface area contributed by atoms with E-state index in [0.717, 1.165) is 5.52 Å². The van der Waals surface area contributed by atoms with Gasteiger partial charge in [0.05, 0.1) is 6.20 Å². The lowest BCUT2D eigenvalue weighted by Gasteiger charge is -1.75. The van der Waals surface area contributed by atoms with Crippen molar-refractivity contribution in [3.8, 4) is 0 Å². The molecule has 1 N–H and O–H groups in total.